The maximum atomic E-state index is 11.6. The number of anilines is 1. The molecule has 1 aliphatic heterocycles. The largest absolute Gasteiger partial charge is 0.478 e. The van der Waals surface area contributed by atoms with Gasteiger partial charge in [0.1, 0.15) is 17.9 Å². The molecular weight excluding hydrogens is 330 g/mol. The lowest BCUT2D eigenvalue weighted by atomic mass is 9.86. The number of ether oxygens (including phenoxy) is 1. The van der Waals surface area contributed by atoms with Crippen LogP contribution < -0.4 is 5.73 Å². The number of azide groups is 1. The van der Waals surface area contributed by atoms with Crippen molar-refractivity contribution in [1.29, 1.82) is 0 Å². The Balaban J connectivity index is 2.19. The number of hydrogen-bond donors (Lipinski definition) is 3. The molecule has 0 saturated carbocycles. The summed E-state index contributed by atoms with van der Waals surface area (Å²) in [5.41, 5.74) is 13.7. The minimum absolute atomic E-state index is 0.0285. The van der Waals surface area contributed by atoms with Crippen molar-refractivity contribution in [3.63, 3.8) is 0 Å². The number of aromatic nitrogens is 3. The van der Waals surface area contributed by atoms with E-state index >= 15 is 0 Å². The van der Waals surface area contributed by atoms with Crippen LogP contribution in [0.2, 0.25) is 0 Å². The first-order valence-electron chi connectivity index (χ1n) is 7.56. The highest BCUT2D eigenvalue weighted by Crippen LogP contribution is 2.49. The van der Waals surface area contributed by atoms with E-state index in [4.69, 9.17) is 16.0 Å². The second kappa shape index (κ2) is 5.88. The molecule has 4 atom stereocenters. The van der Waals surface area contributed by atoms with Gasteiger partial charge in [0.15, 0.2) is 11.5 Å². The molecule has 2 aromatic rings. The van der Waals surface area contributed by atoms with Crippen molar-refractivity contribution in [3.05, 3.63) is 34.1 Å². The quantitative estimate of drug-likeness (QED) is 0.425. The molecular formula is C14H17N7O4. The van der Waals surface area contributed by atoms with Crippen molar-refractivity contribution in [1.82, 2.24) is 14.6 Å². The van der Waals surface area contributed by atoms with E-state index in [0.717, 1.165) is 0 Å². The summed E-state index contributed by atoms with van der Waals surface area (Å²) < 4.78 is 7.27. The number of fused-ring (bicyclic) bond motifs is 1. The lowest BCUT2D eigenvalue weighted by Gasteiger charge is -2.25. The summed E-state index contributed by atoms with van der Waals surface area (Å²) in [5.74, 6) is -1.64. The summed E-state index contributed by atoms with van der Waals surface area (Å²) in [5, 5.41) is 26.9. The maximum Gasteiger partial charge on any atom is 0.338 e. The number of rotatable bonds is 4. The fourth-order valence-electron chi connectivity index (χ4n) is 3.30. The van der Waals surface area contributed by atoms with Gasteiger partial charge in [0.2, 0.25) is 0 Å². The number of hydrogen-bond acceptors (Lipinski definition) is 7. The molecule has 11 heteroatoms. The van der Waals surface area contributed by atoms with Crippen LogP contribution in [0.3, 0.4) is 0 Å². The minimum Gasteiger partial charge on any atom is -0.478 e. The summed E-state index contributed by atoms with van der Waals surface area (Å²) in [6.07, 6.45) is 0.565. The molecule has 1 aliphatic rings. The van der Waals surface area contributed by atoms with E-state index in [1.807, 2.05) is 6.92 Å². The number of aliphatic hydroxyl groups excluding tert-OH is 1. The lowest BCUT2D eigenvalue weighted by molar-refractivity contribution is -0.0865. The molecule has 0 aromatic carbocycles. The number of nitrogens with two attached hydrogens (primary N) is 1. The fourth-order valence-corrected chi connectivity index (χ4v) is 3.30. The minimum atomic E-state index is -1.43. The molecule has 0 amide bonds. The standard InChI is InChI=1S/C14H17N7O4/c1-6-7(2)14(4-22,19-20-16)25-11(6)9-3-8(13(23)24)10-12(15)17-5-18-21(9)10/h3,5-7,11,22H,4H2,1-2H3,(H,23,24)(H2,15,17,18)/t6-,7+,11-,14-/m1/s1. The third-order valence-electron chi connectivity index (χ3n) is 4.88. The second-order valence-corrected chi connectivity index (χ2v) is 6.07. The molecule has 132 valence electrons. The topological polar surface area (TPSA) is 172 Å². The third kappa shape index (κ3) is 2.37. The van der Waals surface area contributed by atoms with Gasteiger partial charge in [-0.15, -0.1) is 0 Å². The van der Waals surface area contributed by atoms with Gasteiger partial charge in [0, 0.05) is 4.91 Å². The van der Waals surface area contributed by atoms with E-state index in [0.29, 0.717) is 5.69 Å². The van der Waals surface area contributed by atoms with Crippen LogP contribution in [0, 0.1) is 11.8 Å². The highest BCUT2D eigenvalue weighted by molar-refractivity contribution is 5.99. The average molecular weight is 347 g/mol. The summed E-state index contributed by atoms with van der Waals surface area (Å²) >= 11 is 0. The van der Waals surface area contributed by atoms with Gasteiger partial charge < -0.3 is 20.7 Å². The Kier molecular flexibility index (Phi) is 3.99. The van der Waals surface area contributed by atoms with Gasteiger partial charge >= 0.3 is 5.97 Å². The van der Waals surface area contributed by atoms with Crippen molar-refractivity contribution in [2.24, 2.45) is 17.0 Å². The number of aromatic carboxylic acids is 1. The van der Waals surface area contributed by atoms with Crippen LogP contribution >= 0.6 is 0 Å². The molecule has 0 aliphatic carbocycles. The molecule has 1 fully saturated rings. The van der Waals surface area contributed by atoms with Gasteiger partial charge in [-0.1, -0.05) is 19.0 Å². The zero-order valence-corrected chi connectivity index (χ0v) is 13.6. The number of aliphatic hydroxyl groups is 1. The summed E-state index contributed by atoms with van der Waals surface area (Å²) in [6.45, 7) is 3.17. The van der Waals surface area contributed by atoms with E-state index < -0.39 is 24.4 Å². The Bertz CT molecular complexity index is 891. The fraction of sp³-hybridized carbons (Fsp3) is 0.500. The predicted molar refractivity (Wildman–Crippen MR) is 85.5 cm³/mol. The van der Waals surface area contributed by atoms with Gasteiger partial charge in [-0.05, 0) is 23.4 Å². The summed E-state index contributed by atoms with van der Waals surface area (Å²) in [7, 11) is 0. The molecule has 11 nitrogen and oxygen atoms in total. The Morgan fingerprint density at radius 3 is 2.92 bits per heavy atom. The molecule has 25 heavy (non-hydrogen) atoms. The Morgan fingerprint density at radius 1 is 1.60 bits per heavy atom. The Morgan fingerprint density at radius 2 is 2.32 bits per heavy atom. The SMILES string of the molecule is C[C@H]1[C@H](c2cc(C(=O)O)c3c(N)ncnn23)O[C@@](CO)(N=[N+]=[N-])[C@H]1C. The highest BCUT2D eigenvalue weighted by Gasteiger charge is 2.51. The third-order valence-corrected chi connectivity index (χ3v) is 4.88. The first-order chi connectivity index (χ1) is 11.9. The van der Waals surface area contributed by atoms with Crippen LogP contribution in [0.5, 0.6) is 0 Å². The van der Waals surface area contributed by atoms with Crippen molar-refractivity contribution in [2.75, 3.05) is 12.3 Å². The van der Waals surface area contributed by atoms with E-state index in [9.17, 15) is 15.0 Å². The smallest absolute Gasteiger partial charge is 0.338 e. The molecule has 0 spiro atoms. The van der Waals surface area contributed by atoms with Crippen LogP contribution in [0.15, 0.2) is 17.5 Å². The van der Waals surface area contributed by atoms with Gasteiger partial charge in [0.25, 0.3) is 0 Å². The van der Waals surface area contributed by atoms with Crippen molar-refractivity contribution >= 4 is 17.3 Å². The van der Waals surface area contributed by atoms with Gasteiger partial charge in [-0.2, -0.15) is 5.10 Å². The maximum absolute atomic E-state index is 11.6. The first-order valence-corrected chi connectivity index (χ1v) is 7.56. The monoisotopic (exact) mass is 347 g/mol. The number of carboxylic acids is 1. The van der Waals surface area contributed by atoms with E-state index in [1.165, 1.54) is 16.9 Å². The molecule has 4 N–H and O–H groups in total. The van der Waals surface area contributed by atoms with E-state index in [1.54, 1.807) is 6.92 Å². The van der Waals surface area contributed by atoms with Crippen LogP contribution in [-0.2, 0) is 4.74 Å². The predicted octanol–water partition coefficient (Wildman–Crippen LogP) is 1.35. The second-order valence-electron chi connectivity index (χ2n) is 6.07. The normalized spacial score (nSPS) is 28.8. The molecule has 2 aromatic heterocycles. The number of nitrogen functional groups attached to an aromatic ring is 1. The average Bonchev–Trinajstić information content (AvgIpc) is 3.08. The Labute approximate surface area is 141 Å². The number of carbonyl (C=O) groups is 1. The molecule has 1 saturated heterocycles. The van der Waals surface area contributed by atoms with Crippen molar-refractivity contribution < 1.29 is 19.7 Å². The van der Waals surface area contributed by atoms with Gasteiger partial charge in [-0.25, -0.2) is 14.3 Å². The number of nitrogens with zero attached hydrogens (tertiary/aromatic N) is 6. The molecule has 0 bridgehead atoms. The molecule has 0 radical (unpaired) electrons. The van der Waals surface area contributed by atoms with E-state index in [-0.39, 0.29) is 28.7 Å². The zero-order valence-electron chi connectivity index (χ0n) is 13.6. The van der Waals surface area contributed by atoms with Gasteiger partial charge in [-0.3, -0.25) is 0 Å². The van der Waals surface area contributed by atoms with Crippen LogP contribution in [-0.4, -0.2) is 43.1 Å². The van der Waals surface area contributed by atoms with Gasteiger partial charge in [0.05, 0.1) is 17.9 Å². The van der Waals surface area contributed by atoms with Crippen LogP contribution in [0.4, 0.5) is 5.82 Å². The van der Waals surface area contributed by atoms with E-state index in [2.05, 4.69) is 20.1 Å². The lowest BCUT2D eigenvalue weighted by Crippen LogP contribution is -2.36. The van der Waals surface area contributed by atoms with Crippen molar-refractivity contribution in [3.8, 4) is 0 Å². The van der Waals surface area contributed by atoms with Crippen LogP contribution in [0.1, 0.15) is 36.0 Å². The highest BCUT2D eigenvalue weighted by atomic mass is 16.5. The number of carboxylic acid groups (broad SMARTS) is 1. The first kappa shape index (κ1) is 17.0. The Hall–Kier alpha value is -2.88. The molecule has 3 rings (SSSR count). The zero-order chi connectivity index (χ0) is 18.4. The summed E-state index contributed by atoms with van der Waals surface area (Å²) in [4.78, 5) is 18.2. The summed E-state index contributed by atoms with van der Waals surface area (Å²) in [6, 6.07) is 1.42. The molecule has 3 heterocycles. The molecule has 0 unspecified atom stereocenters. The van der Waals surface area contributed by atoms with Crippen LogP contribution in [0.25, 0.3) is 16.0 Å². The van der Waals surface area contributed by atoms with Crippen molar-refractivity contribution in [2.45, 2.75) is 25.7 Å².